The van der Waals surface area contributed by atoms with Crippen molar-refractivity contribution in [2.24, 2.45) is 5.73 Å². The molecule has 15 atom stereocenters. The molecule has 3 aliphatic heterocycles. The number of hydrogen-bond acceptors (Lipinski definition) is 17. The molecule has 3 saturated heterocycles. The van der Waals surface area contributed by atoms with Gasteiger partial charge in [0.25, 0.3) is 5.92 Å². The molecule has 0 aromatic rings. The zero-order chi connectivity index (χ0) is 29.9. The molecule has 0 radical (unpaired) electrons. The maximum Gasteiger partial charge on any atom is 0.283 e. The lowest BCUT2D eigenvalue weighted by atomic mass is 9.96. The van der Waals surface area contributed by atoms with E-state index in [1.165, 1.54) is 0 Å². The van der Waals surface area contributed by atoms with Gasteiger partial charge < -0.3 is 85.2 Å². The fourth-order valence-electron chi connectivity index (χ4n) is 4.43. The fraction of sp³-hybridized carbons (Fsp3) is 1.00. The smallest absolute Gasteiger partial charge is 0.283 e. The van der Waals surface area contributed by atoms with E-state index < -0.39 is 131 Å². The van der Waals surface area contributed by atoms with Crippen LogP contribution in [-0.2, 0) is 28.4 Å². The molecule has 0 amide bonds. The summed E-state index contributed by atoms with van der Waals surface area (Å²) >= 11 is 0. The molecule has 12 N–H and O–H groups in total. The Hall–Kier alpha value is -0.820. The molecule has 0 aliphatic carbocycles. The van der Waals surface area contributed by atoms with Crippen molar-refractivity contribution in [1.29, 1.82) is 0 Å². The highest BCUT2D eigenvalue weighted by Gasteiger charge is 2.54. The average Bonchev–Trinajstić information content (AvgIpc) is 2.93. The summed E-state index contributed by atoms with van der Waals surface area (Å²) < 4.78 is 58.7. The molecule has 0 aromatic heterocycles. The van der Waals surface area contributed by atoms with Crippen LogP contribution < -0.4 is 5.73 Å². The van der Waals surface area contributed by atoms with E-state index in [-0.39, 0.29) is 0 Å². The van der Waals surface area contributed by atoms with E-state index in [2.05, 4.69) is 0 Å². The van der Waals surface area contributed by atoms with Gasteiger partial charge in [0.2, 0.25) is 0 Å². The first-order valence-corrected chi connectivity index (χ1v) is 12.4. The van der Waals surface area contributed by atoms with Gasteiger partial charge in [0, 0.05) is 0 Å². The molecule has 0 saturated carbocycles. The molecule has 3 fully saturated rings. The minimum absolute atomic E-state index is 0.805. The van der Waals surface area contributed by atoms with Crippen LogP contribution in [0.2, 0.25) is 0 Å². The summed E-state index contributed by atoms with van der Waals surface area (Å²) in [5, 5.41) is 102. The van der Waals surface area contributed by atoms with Crippen LogP contribution in [-0.4, -0.2) is 182 Å². The lowest BCUT2D eigenvalue weighted by Gasteiger charge is -2.48. The lowest BCUT2D eigenvalue weighted by Crippen LogP contribution is -2.67. The van der Waals surface area contributed by atoms with Crippen molar-refractivity contribution in [3.05, 3.63) is 0 Å². The molecule has 9 unspecified atom stereocenters. The van der Waals surface area contributed by atoms with E-state index in [0.717, 1.165) is 0 Å². The van der Waals surface area contributed by atoms with E-state index in [1.807, 2.05) is 0 Å². The van der Waals surface area contributed by atoms with Gasteiger partial charge in [-0.1, -0.05) is 0 Å². The number of halogens is 2. The van der Waals surface area contributed by atoms with Crippen LogP contribution in [0.3, 0.4) is 0 Å². The summed E-state index contributed by atoms with van der Waals surface area (Å²) in [6.45, 7) is -4.97. The standard InChI is InChI=1S/C21H37F2NO16/c22-21(23,4-24)5-35-18-14(33)16(10(29)7(2-26)36-18)40-20-15(34)17(11(30)8(3-27)38-20)39-19-13(32)12(31)9(28)6(1-25)37-19/h6-20,25-34H,1-5,24H2/t6?,7?,8?,9-,10-,11-,12?,13?,14?,15?,16?,17?,18+,19-,20-/m1/s1. The van der Waals surface area contributed by atoms with Gasteiger partial charge in [-0.25, -0.2) is 8.78 Å². The van der Waals surface area contributed by atoms with Crippen LogP contribution in [0.5, 0.6) is 0 Å². The third-order valence-corrected chi connectivity index (χ3v) is 6.83. The monoisotopic (exact) mass is 597 g/mol. The zero-order valence-corrected chi connectivity index (χ0v) is 21.0. The van der Waals surface area contributed by atoms with Crippen LogP contribution in [0.4, 0.5) is 8.78 Å². The minimum atomic E-state index is -3.51. The third-order valence-electron chi connectivity index (χ3n) is 6.83. The second-order valence-electron chi connectivity index (χ2n) is 9.68. The molecule has 3 aliphatic rings. The summed E-state index contributed by atoms with van der Waals surface area (Å²) in [7, 11) is 0. The first-order chi connectivity index (χ1) is 18.8. The number of aliphatic hydroxyl groups excluding tert-OH is 10. The predicted octanol–water partition coefficient (Wildman–Crippen LogP) is -6.95. The molecule has 40 heavy (non-hydrogen) atoms. The van der Waals surface area contributed by atoms with Crippen molar-refractivity contribution in [2.45, 2.75) is 98.0 Å². The largest absolute Gasteiger partial charge is 0.394 e. The summed E-state index contributed by atoms with van der Waals surface area (Å²) in [5.74, 6) is -3.51. The van der Waals surface area contributed by atoms with E-state index in [1.54, 1.807) is 0 Å². The van der Waals surface area contributed by atoms with Gasteiger partial charge in [0.1, 0.15) is 79.9 Å². The number of alkyl halides is 2. The Bertz CT molecular complexity index is 787. The number of aliphatic hydroxyl groups is 10. The van der Waals surface area contributed by atoms with Gasteiger partial charge in [0.15, 0.2) is 18.9 Å². The maximum atomic E-state index is 13.6. The van der Waals surface area contributed by atoms with Crippen molar-refractivity contribution < 1.29 is 88.3 Å². The van der Waals surface area contributed by atoms with Crippen molar-refractivity contribution in [2.75, 3.05) is 33.0 Å². The second-order valence-corrected chi connectivity index (χ2v) is 9.68. The quantitative estimate of drug-likeness (QED) is 0.105. The normalized spacial score (nSPS) is 46.9. The highest BCUT2D eigenvalue weighted by Crippen LogP contribution is 2.33. The van der Waals surface area contributed by atoms with E-state index >= 15 is 0 Å². The van der Waals surface area contributed by atoms with Gasteiger partial charge in [-0.2, -0.15) is 0 Å². The van der Waals surface area contributed by atoms with Gasteiger partial charge >= 0.3 is 0 Å². The van der Waals surface area contributed by atoms with Crippen LogP contribution in [0.1, 0.15) is 0 Å². The summed E-state index contributed by atoms with van der Waals surface area (Å²) in [4.78, 5) is 0. The van der Waals surface area contributed by atoms with Gasteiger partial charge in [-0.15, -0.1) is 0 Å². The molecule has 0 bridgehead atoms. The lowest BCUT2D eigenvalue weighted by molar-refractivity contribution is -0.382. The van der Waals surface area contributed by atoms with E-state index in [9.17, 15) is 59.8 Å². The van der Waals surface area contributed by atoms with Crippen molar-refractivity contribution in [3.8, 4) is 0 Å². The highest BCUT2D eigenvalue weighted by atomic mass is 19.3. The number of nitrogens with two attached hydrogens (primary N) is 1. The number of ether oxygens (including phenoxy) is 6. The molecule has 17 nitrogen and oxygen atoms in total. The molecular weight excluding hydrogens is 560 g/mol. The molecule has 236 valence electrons. The Morgan fingerprint density at radius 1 is 0.575 bits per heavy atom. The Labute approximate surface area is 225 Å². The first-order valence-electron chi connectivity index (χ1n) is 12.4. The Balaban J connectivity index is 1.78. The summed E-state index contributed by atoms with van der Waals surface area (Å²) in [5.41, 5.74) is 4.96. The Kier molecular flexibility index (Phi) is 11.9. The van der Waals surface area contributed by atoms with Gasteiger partial charge in [-0.3, -0.25) is 0 Å². The Morgan fingerprint density at radius 2 is 0.975 bits per heavy atom. The summed E-state index contributed by atoms with van der Waals surface area (Å²) in [6, 6.07) is 0. The average molecular weight is 598 g/mol. The third kappa shape index (κ3) is 7.21. The molecule has 0 aromatic carbocycles. The first kappa shape index (κ1) is 33.7. The number of hydrogen-bond donors (Lipinski definition) is 11. The SMILES string of the molecule is NCC(F)(F)CO[C@H]1OC(CO)[C@@H](O)C(O[C@H]2OC(CO)[C@@H](O)C(O[C@H]3OC(CO)[C@@H](O)C(O)C3O)C2O)C1O. The molecular formula is C21H37F2NO16. The zero-order valence-electron chi connectivity index (χ0n) is 21.0. The topological polar surface area (TPSA) is 284 Å². The molecule has 0 spiro atoms. The minimum Gasteiger partial charge on any atom is -0.394 e. The van der Waals surface area contributed by atoms with Crippen LogP contribution in [0.25, 0.3) is 0 Å². The van der Waals surface area contributed by atoms with Crippen LogP contribution in [0.15, 0.2) is 0 Å². The molecule has 19 heteroatoms. The summed E-state index contributed by atoms with van der Waals surface area (Å²) in [6.07, 6.45) is -26.9. The maximum absolute atomic E-state index is 13.6. The highest BCUT2D eigenvalue weighted by molar-refractivity contribution is 4.96. The molecule has 3 rings (SSSR count). The Morgan fingerprint density at radius 3 is 1.43 bits per heavy atom. The predicted molar refractivity (Wildman–Crippen MR) is 119 cm³/mol. The van der Waals surface area contributed by atoms with Crippen molar-refractivity contribution >= 4 is 0 Å². The van der Waals surface area contributed by atoms with Crippen LogP contribution in [0, 0.1) is 0 Å². The van der Waals surface area contributed by atoms with Gasteiger partial charge in [-0.05, 0) is 0 Å². The van der Waals surface area contributed by atoms with Gasteiger partial charge in [0.05, 0.1) is 26.4 Å². The van der Waals surface area contributed by atoms with Crippen molar-refractivity contribution in [3.63, 3.8) is 0 Å². The second kappa shape index (κ2) is 14.1. The van der Waals surface area contributed by atoms with E-state index in [4.69, 9.17) is 34.2 Å². The fourth-order valence-corrected chi connectivity index (χ4v) is 4.43. The molecule has 3 heterocycles. The van der Waals surface area contributed by atoms with Crippen LogP contribution >= 0.6 is 0 Å². The van der Waals surface area contributed by atoms with E-state index in [0.29, 0.717) is 0 Å². The number of rotatable bonds is 11. The van der Waals surface area contributed by atoms with Crippen molar-refractivity contribution in [1.82, 2.24) is 0 Å².